The predicted molar refractivity (Wildman–Crippen MR) is 77.7 cm³/mol. The van der Waals surface area contributed by atoms with Gasteiger partial charge < -0.3 is 4.74 Å². The number of thiol groups is 1. The summed E-state index contributed by atoms with van der Waals surface area (Å²) in [7, 11) is 1.60. The highest BCUT2D eigenvalue weighted by Gasteiger charge is 2.11. The summed E-state index contributed by atoms with van der Waals surface area (Å²) >= 11 is 7.70. The van der Waals surface area contributed by atoms with Crippen LogP contribution in [0.25, 0.3) is 16.8 Å². The zero-order valence-electron chi connectivity index (χ0n) is 9.91. The van der Waals surface area contributed by atoms with E-state index in [9.17, 15) is 0 Å². The van der Waals surface area contributed by atoms with Gasteiger partial charge >= 0.3 is 0 Å². The predicted octanol–water partition coefficient (Wildman–Crippen LogP) is 2.85. The molecule has 0 aromatic carbocycles. The van der Waals surface area contributed by atoms with E-state index in [4.69, 9.17) is 4.74 Å². The van der Waals surface area contributed by atoms with Crippen molar-refractivity contribution in [2.24, 2.45) is 0 Å². The molecule has 3 rings (SSSR count). The van der Waals surface area contributed by atoms with E-state index in [0.717, 1.165) is 21.4 Å². The van der Waals surface area contributed by atoms with Crippen LogP contribution in [0.2, 0.25) is 0 Å². The Balaban J connectivity index is 2.26. The molecular weight excluding hydrogens is 328 g/mol. The van der Waals surface area contributed by atoms with Gasteiger partial charge in [-0.05, 0) is 34.1 Å². The molecule has 96 valence electrons. The van der Waals surface area contributed by atoms with Crippen LogP contribution in [-0.4, -0.2) is 26.7 Å². The summed E-state index contributed by atoms with van der Waals surface area (Å²) in [6.45, 7) is 0. The second-order valence-corrected chi connectivity index (χ2v) is 5.03. The van der Waals surface area contributed by atoms with Crippen molar-refractivity contribution in [2.45, 2.75) is 5.16 Å². The number of halogens is 1. The van der Waals surface area contributed by atoms with E-state index in [1.54, 1.807) is 24.0 Å². The topological polar surface area (TPSA) is 52.3 Å². The number of methoxy groups -OCH3 is 1. The number of rotatable bonds is 2. The van der Waals surface area contributed by atoms with Gasteiger partial charge in [-0.2, -0.15) is 5.10 Å². The van der Waals surface area contributed by atoms with E-state index in [1.807, 2.05) is 18.2 Å². The van der Waals surface area contributed by atoms with Gasteiger partial charge in [0.25, 0.3) is 0 Å². The molecule has 3 heterocycles. The van der Waals surface area contributed by atoms with E-state index in [2.05, 4.69) is 43.6 Å². The minimum Gasteiger partial charge on any atom is -0.494 e. The largest absolute Gasteiger partial charge is 0.494 e. The molecule has 7 heteroatoms. The maximum atomic E-state index is 5.32. The molecule has 3 aromatic heterocycles. The van der Waals surface area contributed by atoms with Crippen molar-refractivity contribution in [3.63, 3.8) is 0 Å². The summed E-state index contributed by atoms with van der Waals surface area (Å²) in [5.41, 5.74) is 2.53. The number of nitrogens with zero attached hydrogens (tertiary/aromatic N) is 4. The Labute approximate surface area is 123 Å². The molecule has 0 aliphatic heterocycles. The van der Waals surface area contributed by atoms with Gasteiger partial charge in [0.05, 0.1) is 30.7 Å². The molecule has 19 heavy (non-hydrogen) atoms. The first-order valence-electron chi connectivity index (χ1n) is 5.42. The zero-order chi connectivity index (χ0) is 13.4. The lowest BCUT2D eigenvalue weighted by Gasteiger charge is -2.09. The van der Waals surface area contributed by atoms with E-state index >= 15 is 0 Å². The van der Waals surface area contributed by atoms with Crippen molar-refractivity contribution >= 4 is 34.1 Å². The fraction of sp³-hybridized carbons (Fsp3) is 0.0833. The first kappa shape index (κ1) is 12.4. The molecule has 0 N–H and O–H groups in total. The van der Waals surface area contributed by atoms with Crippen LogP contribution < -0.4 is 4.74 Å². The lowest BCUT2D eigenvalue weighted by molar-refractivity contribution is 0.414. The summed E-state index contributed by atoms with van der Waals surface area (Å²) in [5.74, 6) is 0.660. The van der Waals surface area contributed by atoms with Crippen molar-refractivity contribution in [3.8, 4) is 17.0 Å². The molecule has 0 aliphatic rings. The van der Waals surface area contributed by atoms with Crippen molar-refractivity contribution < 1.29 is 4.74 Å². The van der Waals surface area contributed by atoms with Gasteiger partial charge in [-0.25, -0.2) is 14.5 Å². The van der Waals surface area contributed by atoms with E-state index in [0.29, 0.717) is 10.9 Å². The highest BCUT2D eigenvalue weighted by molar-refractivity contribution is 9.10. The van der Waals surface area contributed by atoms with Gasteiger partial charge in [0, 0.05) is 5.56 Å². The summed E-state index contributed by atoms with van der Waals surface area (Å²) < 4.78 is 7.70. The maximum Gasteiger partial charge on any atom is 0.186 e. The van der Waals surface area contributed by atoms with Crippen LogP contribution in [0, 0.1) is 0 Å². The minimum atomic E-state index is 0.521. The van der Waals surface area contributed by atoms with Crippen LogP contribution >= 0.6 is 28.6 Å². The third kappa shape index (κ3) is 2.19. The molecule has 0 radical (unpaired) electrons. The van der Waals surface area contributed by atoms with Gasteiger partial charge in [0.1, 0.15) is 10.4 Å². The number of hydrogen-bond donors (Lipinski definition) is 1. The average Bonchev–Trinajstić information content (AvgIpc) is 2.87. The lowest BCUT2D eigenvalue weighted by atomic mass is 10.1. The van der Waals surface area contributed by atoms with E-state index in [-0.39, 0.29) is 0 Å². The van der Waals surface area contributed by atoms with Crippen LogP contribution in [0.5, 0.6) is 5.75 Å². The molecule has 5 nitrogen and oxygen atoms in total. The molecule has 0 aliphatic carbocycles. The molecule has 0 atom stereocenters. The van der Waals surface area contributed by atoms with Crippen LogP contribution in [0.15, 0.2) is 40.4 Å². The van der Waals surface area contributed by atoms with Gasteiger partial charge in [0.2, 0.25) is 0 Å². The Morgan fingerprint density at radius 2 is 2.21 bits per heavy atom. The molecule has 0 amide bonds. The Kier molecular flexibility index (Phi) is 3.16. The highest BCUT2D eigenvalue weighted by atomic mass is 79.9. The van der Waals surface area contributed by atoms with Crippen LogP contribution in [0.3, 0.4) is 0 Å². The van der Waals surface area contributed by atoms with Crippen LogP contribution in [-0.2, 0) is 0 Å². The first-order chi connectivity index (χ1) is 9.19. The number of aromatic nitrogens is 4. The normalized spacial score (nSPS) is 10.9. The SMILES string of the molecule is COc1cnc(Br)cc1-c1cc2ccnn2c(S)n1. The fourth-order valence-electron chi connectivity index (χ4n) is 1.84. The smallest absolute Gasteiger partial charge is 0.186 e. The second-order valence-electron chi connectivity index (χ2n) is 3.82. The average molecular weight is 337 g/mol. The molecule has 0 bridgehead atoms. The molecule has 0 spiro atoms. The molecular formula is C12H9BrN4OS. The van der Waals surface area contributed by atoms with Gasteiger partial charge in [0.15, 0.2) is 5.16 Å². The molecule has 0 saturated heterocycles. The molecule has 3 aromatic rings. The minimum absolute atomic E-state index is 0.521. The quantitative estimate of drug-likeness (QED) is 0.444. The fourth-order valence-corrected chi connectivity index (χ4v) is 2.44. The van der Waals surface area contributed by atoms with E-state index in [1.165, 1.54) is 0 Å². The van der Waals surface area contributed by atoms with Crippen LogP contribution in [0.4, 0.5) is 0 Å². The Morgan fingerprint density at radius 3 is 3.00 bits per heavy atom. The van der Waals surface area contributed by atoms with Crippen molar-refractivity contribution in [2.75, 3.05) is 7.11 Å². The summed E-state index contributed by atoms with van der Waals surface area (Å²) in [6.07, 6.45) is 3.36. The van der Waals surface area contributed by atoms with Gasteiger partial charge in [-0.1, -0.05) is 0 Å². The van der Waals surface area contributed by atoms with Gasteiger partial charge in [-0.3, -0.25) is 0 Å². The van der Waals surface area contributed by atoms with E-state index < -0.39 is 0 Å². The number of ether oxygens (including phenoxy) is 1. The summed E-state index contributed by atoms with van der Waals surface area (Å²) in [6, 6.07) is 5.69. The maximum absolute atomic E-state index is 5.32. The third-order valence-corrected chi connectivity index (χ3v) is 3.42. The monoisotopic (exact) mass is 336 g/mol. The Bertz CT molecular complexity index is 759. The summed E-state index contributed by atoms with van der Waals surface area (Å²) in [5, 5.41) is 4.66. The number of fused-ring (bicyclic) bond motifs is 1. The standard InChI is InChI=1S/C12H9BrN4OS/c1-18-10-6-14-11(13)5-8(10)9-4-7-2-3-15-17(7)12(19)16-9/h2-6H,1H3,(H,16,19). The molecule has 0 unspecified atom stereocenters. The lowest BCUT2D eigenvalue weighted by Crippen LogP contribution is -1.97. The van der Waals surface area contributed by atoms with Gasteiger partial charge in [-0.15, -0.1) is 12.6 Å². The Morgan fingerprint density at radius 1 is 1.37 bits per heavy atom. The zero-order valence-corrected chi connectivity index (χ0v) is 12.4. The third-order valence-electron chi connectivity index (χ3n) is 2.70. The van der Waals surface area contributed by atoms with Crippen molar-refractivity contribution in [1.29, 1.82) is 0 Å². The van der Waals surface area contributed by atoms with Crippen molar-refractivity contribution in [1.82, 2.24) is 19.6 Å². The van der Waals surface area contributed by atoms with Crippen LogP contribution in [0.1, 0.15) is 0 Å². The Hall–Kier alpha value is -1.60. The molecule has 0 fully saturated rings. The first-order valence-corrected chi connectivity index (χ1v) is 6.66. The number of pyridine rings is 1. The number of hydrogen-bond acceptors (Lipinski definition) is 5. The van der Waals surface area contributed by atoms with Crippen molar-refractivity contribution in [3.05, 3.63) is 35.2 Å². The molecule has 0 saturated carbocycles. The highest BCUT2D eigenvalue weighted by Crippen LogP contribution is 2.31. The summed E-state index contributed by atoms with van der Waals surface area (Å²) in [4.78, 5) is 8.57. The second kappa shape index (κ2) is 4.82.